The molecule has 1 unspecified atom stereocenters. The zero-order valence-electron chi connectivity index (χ0n) is 9.06. The van der Waals surface area contributed by atoms with E-state index < -0.39 is 17.7 Å². The molecule has 18 heavy (non-hydrogen) atoms. The second kappa shape index (κ2) is 3.96. The van der Waals surface area contributed by atoms with E-state index in [4.69, 9.17) is 0 Å². The van der Waals surface area contributed by atoms with Crippen LogP contribution in [0.25, 0.3) is 10.2 Å². The monoisotopic (exact) mass is 270 g/mol. The highest BCUT2D eigenvalue weighted by Crippen LogP contribution is 2.33. The second-order valence-corrected chi connectivity index (χ2v) is 5.10. The van der Waals surface area contributed by atoms with Crippen molar-refractivity contribution in [3.8, 4) is 0 Å². The Balaban J connectivity index is 2.09. The number of aliphatic hydroxyl groups is 1. The second-order valence-electron chi connectivity index (χ2n) is 4.09. The maximum Gasteiger partial charge on any atom is 0.231 e. The van der Waals surface area contributed by atoms with Crippen molar-refractivity contribution in [2.45, 2.75) is 12.5 Å². The third-order valence-corrected chi connectivity index (χ3v) is 3.76. The van der Waals surface area contributed by atoms with E-state index in [1.165, 1.54) is 11.0 Å². The SMILES string of the molecule is O=C1CC(O)CN1c1nc2c(F)cc(F)cc2s1. The number of fused-ring (bicyclic) bond motifs is 1. The van der Waals surface area contributed by atoms with E-state index in [2.05, 4.69) is 4.98 Å². The molecule has 1 amide bonds. The molecule has 0 radical (unpaired) electrons. The van der Waals surface area contributed by atoms with Crippen LogP contribution in [0.4, 0.5) is 13.9 Å². The van der Waals surface area contributed by atoms with E-state index in [0.717, 1.165) is 17.4 Å². The first-order chi connectivity index (χ1) is 8.54. The van der Waals surface area contributed by atoms with Crippen LogP contribution in [0.2, 0.25) is 0 Å². The quantitative estimate of drug-likeness (QED) is 0.857. The lowest BCUT2D eigenvalue weighted by Crippen LogP contribution is -2.24. The number of aliphatic hydroxyl groups excluding tert-OH is 1. The van der Waals surface area contributed by atoms with E-state index >= 15 is 0 Å². The van der Waals surface area contributed by atoms with Crippen LogP contribution in [0.1, 0.15) is 6.42 Å². The van der Waals surface area contributed by atoms with Crippen molar-refractivity contribution < 1.29 is 18.7 Å². The first kappa shape index (κ1) is 11.5. The van der Waals surface area contributed by atoms with Gasteiger partial charge in [0.05, 0.1) is 23.8 Å². The minimum absolute atomic E-state index is 0.0345. The van der Waals surface area contributed by atoms with Gasteiger partial charge < -0.3 is 5.11 Å². The number of nitrogens with zero attached hydrogens (tertiary/aromatic N) is 2. The predicted molar refractivity (Wildman–Crippen MR) is 62.5 cm³/mol. The molecule has 1 aromatic heterocycles. The lowest BCUT2D eigenvalue weighted by Gasteiger charge is -2.10. The smallest absolute Gasteiger partial charge is 0.231 e. The Kier molecular flexibility index (Phi) is 2.53. The number of rotatable bonds is 1. The summed E-state index contributed by atoms with van der Waals surface area (Å²) in [6.07, 6.45) is -0.696. The van der Waals surface area contributed by atoms with Gasteiger partial charge in [-0.05, 0) is 6.07 Å². The average Bonchev–Trinajstić information content (AvgIpc) is 2.81. The summed E-state index contributed by atoms with van der Waals surface area (Å²) >= 11 is 1.03. The van der Waals surface area contributed by atoms with Crippen molar-refractivity contribution in [2.24, 2.45) is 0 Å². The molecular formula is C11H8F2N2O2S. The van der Waals surface area contributed by atoms with Gasteiger partial charge in [0.2, 0.25) is 5.91 Å². The minimum atomic E-state index is -0.750. The van der Waals surface area contributed by atoms with Crippen LogP contribution in [0, 0.1) is 11.6 Å². The number of amides is 1. The Morgan fingerprint density at radius 2 is 2.22 bits per heavy atom. The average molecular weight is 270 g/mol. The fraction of sp³-hybridized carbons (Fsp3) is 0.273. The van der Waals surface area contributed by atoms with Crippen LogP contribution < -0.4 is 4.90 Å². The Bertz CT molecular complexity index is 643. The summed E-state index contributed by atoms with van der Waals surface area (Å²) in [5.74, 6) is -1.69. The van der Waals surface area contributed by atoms with Crippen molar-refractivity contribution in [1.82, 2.24) is 4.98 Å². The molecule has 0 saturated carbocycles. The molecule has 3 rings (SSSR count). The van der Waals surface area contributed by atoms with Crippen LogP contribution >= 0.6 is 11.3 Å². The molecule has 0 bridgehead atoms. The summed E-state index contributed by atoms with van der Waals surface area (Å²) < 4.78 is 26.9. The Labute approximate surface area is 104 Å². The normalized spacial score (nSPS) is 20.1. The van der Waals surface area contributed by atoms with Crippen LogP contribution in [0.5, 0.6) is 0 Å². The first-order valence-electron chi connectivity index (χ1n) is 5.28. The summed E-state index contributed by atoms with van der Waals surface area (Å²) in [6, 6.07) is 1.93. The molecule has 0 aliphatic carbocycles. The molecule has 2 heterocycles. The molecule has 1 aliphatic rings. The van der Waals surface area contributed by atoms with Gasteiger partial charge in [-0.15, -0.1) is 0 Å². The maximum absolute atomic E-state index is 13.5. The minimum Gasteiger partial charge on any atom is -0.391 e. The molecule has 1 N–H and O–H groups in total. The number of hydrogen-bond acceptors (Lipinski definition) is 4. The van der Waals surface area contributed by atoms with Gasteiger partial charge in [0.15, 0.2) is 10.9 Å². The summed E-state index contributed by atoms with van der Waals surface area (Å²) in [5, 5.41) is 9.67. The number of halogens is 2. The van der Waals surface area contributed by atoms with Crippen LogP contribution in [-0.2, 0) is 4.79 Å². The van der Waals surface area contributed by atoms with Crippen molar-refractivity contribution in [3.63, 3.8) is 0 Å². The van der Waals surface area contributed by atoms with Crippen molar-refractivity contribution in [2.75, 3.05) is 11.4 Å². The molecule has 94 valence electrons. The number of thiazole rings is 1. The topological polar surface area (TPSA) is 53.4 Å². The number of carbonyl (C=O) groups excluding carboxylic acids is 1. The van der Waals surface area contributed by atoms with Crippen LogP contribution in [-0.4, -0.2) is 28.6 Å². The number of β-amino-alcohol motifs (C(OH)–C–C–N with tert-alkyl or cyclic N) is 1. The van der Waals surface area contributed by atoms with Gasteiger partial charge in [-0.3, -0.25) is 9.69 Å². The van der Waals surface area contributed by atoms with Crippen molar-refractivity contribution in [1.29, 1.82) is 0 Å². The molecule has 1 aromatic carbocycles. The standard InChI is InChI=1S/C11H8F2N2O2S/c12-5-1-7(13)10-8(2-5)18-11(14-10)15-4-6(16)3-9(15)17/h1-2,6,16H,3-4H2. The van der Waals surface area contributed by atoms with Gasteiger partial charge in [0.1, 0.15) is 11.3 Å². The summed E-state index contributed by atoms with van der Waals surface area (Å²) in [4.78, 5) is 16.9. The van der Waals surface area contributed by atoms with E-state index in [0.29, 0.717) is 4.70 Å². The van der Waals surface area contributed by atoms with E-state index in [-0.39, 0.29) is 29.5 Å². The van der Waals surface area contributed by atoms with Crippen molar-refractivity contribution in [3.05, 3.63) is 23.8 Å². The zero-order valence-corrected chi connectivity index (χ0v) is 9.88. The van der Waals surface area contributed by atoms with E-state index in [9.17, 15) is 18.7 Å². The number of benzene rings is 1. The zero-order chi connectivity index (χ0) is 12.9. The fourth-order valence-corrected chi connectivity index (χ4v) is 2.97. The van der Waals surface area contributed by atoms with Gasteiger partial charge in [0.25, 0.3) is 0 Å². The van der Waals surface area contributed by atoms with Gasteiger partial charge in [-0.1, -0.05) is 11.3 Å². The summed E-state index contributed by atoms with van der Waals surface area (Å²) in [7, 11) is 0. The largest absolute Gasteiger partial charge is 0.391 e. The molecule has 1 atom stereocenters. The molecular weight excluding hydrogens is 262 g/mol. The first-order valence-corrected chi connectivity index (χ1v) is 6.10. The number of aromatic nitrogens is 1. The Hall–Kier alpha value is -1.60. The molecule has 7 heteroatoms. The highest BCUT2D eigenvalue weighted by atomic mass is 32.1. The van der Waals surface area contributed by atoms with Gasteiger partial charge in [-0.2, -0.15) is 0 Å². The van der Waals surface area contributed by atoms with Gasteiger partial charge in [0, 0.05) is 6.07 Å². The molecule has 0 spiro atoms. The maximum atomic E-state index is 13.5. The highest BCUT2D eigenvalue weighted by Gasteiger charge is 2.31. The Morgan fingerprint density at radius 1 is 1.44 bits per heavy atom. The van der Waals surface area contributed by atoms with Gasteiger partial charge in [-0.25, -0.2) is 13.8 Å². The summed E-state index contributed by atoms with van der Waals surface area (Å²) in [6.45, 7) is 0.142. The van der Waals surface area contributed by atoms with Crippen molar-refractivity contribution >= 4 is 32.6 Å². The third-order valence-electron chi connectivity index (χ3n) is 2.74. The van der Waals surface area contributed by atoms with Crippen LogP contribution in [0.15, 0.2) is 12.1 Å². The fourth-order valence-electron chi connectivity index (χ4n) is 1.93. The molecule has 1 fully saturated rings. The highest BCUT2D eigenvalue weighted by molar-refractivity contribution is 7.22. The lowest BCUT2D eigenvalue weighted by molar-refractivity contribution is -0.117. The molecule has 1 aliphatic heterocycles. The van der Waals surface area contributed by atoms with E-state index in [1.54, 1.807) is 0 Å². The van der Waals surface area contributed by atoms with Crippen LogP contribution in [0.3, 0.4) is 0 Å². The van der Waals surface area contributed by atoms with E-state index in [1.807, 2.05) is 0 Å². The number of hydrogen-bond donors (Lipinski definition) is 1. The number of anilines is 1. The molecule has 4 nitrogen and oxygen atoms in total. The van der Waals surface area contributed by atoms with Gasteiger partial charge >= 0.3 is 0 Å². The third kappa shape index (κ3) is 1.75. The Morgan fingerprint density at radius 3 is 2.89 bits per heavy atom. The summed E-state index contributed by atoms with van der Waals surface area (Å²) in [5.41, 5.74) is 0.0468. The number of carbonyl (C=O) groups is 1. The molecule has 1 saturated heterocycles. The molecule has 2 aromatic rings. The predicted octanol–water partition coefficient (Wildman–Crippen LogP) is 1.67. The lowest BCUT2D eigenvalue weighted by atomic mass is 10.3.